The molecule has 1 aliphatic carbocycles. The second kappa shape index (κ2) is 16.5. The number of hydrogen-bond donors (Lipinski definition) is 0. The summed E-state index contributed by atoms with van der Waals surface area (Å²) >= 11 is 0. The van der Waals surface area contributed by atoms with E-state index in [1.165, 1.54) is 99.2 Å². The number of benzene rings is 11. The van der Waals surface area contributed by atoms with E-state index in [4.69, 9.17) is 0 Å². The van der Waals surface area contributed by atoms with Gasteiger partial charge in [0.05, 0.1) is 22.2 Å². The van der Waals surface area contributed by atoms with Crippen LogP contribution in [0.2, 0.25) is 0 Å². The Kier molecular flexibility index (Phi) is 9.56. The van der Waals surface area contributed by atoms with Crippen LogP contribution in [-0.2, 0) is 5.41 Å². The molecule has 14 rings (SSSR count). The van der Waals surface area contributed by atoms with Gasteiger partial charge in [0.1, 0.15) is 0 Å². The van der Waals surface area contributed by atoms with Crippen molar-refractivity contribution in [1.29, 1.82) is 0 Å². The molecular weight excluding hydrogens is 871 g/mol. The molecule has 340 valence electrons. The minimum Gasteiger partial charge on any atom is -0.310 e. The minimum absolute atomic E-state index is 0.255. The van der Waals surface area contributed by atoms with Crippen LogP contribution in [0.3, 0.4) is 0 Å². The zero-order valence-corrected chi connectivity index (χ0v) is 40.2. The molecule has 2 heterocycles. The van der Waals surface area contributed by atoms with Crippen LogP contribution >= 0.6 is 0 Å². The molecule has 0 aliphatic heterocycles. The highest BCUT2D eigenvalue weighted by Gasteiger charge is 2.37. The highest BCUT2D eigenvalue weighted by Crippen LogP contribution is 2.53. The Morgan fingerprint density at radius 3 is 1.51 bits per heavy atom. The molecule has 13 aromatic rings. The minimum atomic E-state index is -0.255. The number of rotatable bonds is 8. The first-order valence-electron chi connectivity index (χ1n) is 25.0. The number of aromatic nitrogens is 2. The molecule has 0 saturated heterocycles. The van der Waals surface area contributed by atoms with Gasteiger partial charge in [-0.15, -0.1) is 0 Å². The van der Waals surface area contributed by atoms with Gasteiger partial charge in [0.2, 0.25) is 0 Å². The zero-order chi connectivity index (χ0) is 47.9. The van der Waals surface area contributed by atoms with Crippen LogP contribution in [0.1, 0.15) is 25.0 Å². The van der Waals surface area contributed by atoms with Gasteiger partial charge in [-0.05, 0) is 129 Å². The Balaban J connectivity index is 0.880. The van der Waals surface area contributed by atoms with E-state index in [-0.39, 0.29) is 5.41 Å². The Bertz CT molecular complexity index is 4150. The van der Waals surface area contributed by atoms with Crippen molar-refractivity contribution in [1.82, 2.24) is 9.13 Å². The summed E-state index contributed by atoms with van der Waals surface area (Å²) in [6, 6.07) is 95.7. The molecule has 0 bridgehead atoms. The van der Waals surface area contributed by atoms with Gasteiger partial charge in [0.15, 0.2) is 0 Å². The monoisotopic (exact) mass is 919 g/mol. The summed E-state index contributed by atoms with van der Waals surface area (Å²) < 4.78 is 4.88. The molecule has 0 unspecified atom stereocenters. The summed E-state index contributed by atoms with van der Waals surface area (Å²) in [6.45, 7) is 4.79. The van der Waals surface area contributed by atoms with Crippen LogP contribution in [0.25, 0.3) is 99.5 Å². The predicted molar refractivity (Wildman–Crippen MR) is 304 cm³/mol. The van der Waals surface area contributed by atoms with Gasteiger partial charge in [-0.3, -0.25) is 0 Å². The van der Waals surface area contributed by atoms with Gasteiger partial charge in [-0.1, -0.05) is 196 Å². The molecule has 72 heavy (non-hydrogen) atoms. The van der Waals surface area contributed by atoms with Gasteiger partial charge in [-0.25, -0.2) is 0 Å². The summed E-state index contributed by atoms with van der Waals surface area (Å²) in [7, 11) is 0. The van der Waals surface area contributed by atoms with Crippen molar-refractivity contribution >= 4 is 60.5 Å². The van der Waals surface area contributed by atoms with Gasteiger partial charge in [0, 0.05) is 61.0 Å². The van der Waals surface area contributed by atoms with Crippen LogP contribution in [0, 0.1) is 0 Å². The lowest BCUT2D eigenvalue weighted by Gasteiger charge is -2.28. The second-order valence-corrected chi connectivity index (χ2v) is 19.7. The Hall–Kier alpha value is -9.18. The van der Waals surface area contributed by atoms with Gasteiger partial charge in [-0.2, -0.15) is 0 Å². The number of anilines is 3. The summed E-state index contributed by atoms with van der Waals surface area (Å²) in [5, 5.41) is 6.22. The summed E-state index contributed by atoms with van der Waals surface area (Å²) in [5.41, 5.74) is 21.6. The first-order valence-corrected chi connectivity index (χ1v) is 25.0. The quantitative estimate of drug-likeness (QED) is 0.148. The molecule has 0 radical (unpaired) electrons. The fourth-order valence-electron chi connectivity index (χ4n) is 12.0. The van der Waals surface area contributed by atoms with Crippen molar-refractivity contribution < 1.29 is 0 Å². The molecule has 2 aromatic heterocycles. The number of fused-ring (bicyclic) bond motifs is 9. The molecule has 0 saturated carbocycles. The van der Waals surface area contributed by atoms with Crippen LogP contribution in [0.4, 0.5) is 17.1 Å². The van der Waals surface area contributed by atoms with Crippen LogP contribution in [-0.4, -0.2) is 9.13 Å². The third-order valence-electron chi connectivity index (χ3n) is 15.3. The van der Waals surface area contributed by atoms with E-state index in [1.807, 2.05) is 0 Å². The van der Waals surface area contributed by atoms with Crippen LogP contribution in [0.5, 0.6) is 0 Å². The smallest absolute Gasteiger partial charge is 0.0620 e. The first kappa shape index (κ1) is 41.8. The average molecular weight is 920 g/mol. The van der Waals surface area contributed by atoms with E-state index in [0.29, 0.717) is 0 Å². The third kappa shape index (κ3) is 6.44. The van der Waals surface area contributed by atoms with Crippen LogP contribution < -0.4 is 4.90 Å². The lowest BCUT2D eigenvalue weighted by molar-refractivity contribution is 0.660. The lowest BCUT2D eigenvalue weighted by atomic mass is 9.81. The van der Waals surface area contributed by atoms with Crippen LogP contribution in [0.15, 0.2) is 261 Å². The third-order valence-corrected chi connectivity index (χ3v) is 15.3. The summed E-state index contributed by atoms with van der Waals surface area (Å²) in [5.74, 6) is 0. The standard InChI is InChI=1S/C69H49N3/c1-69(2)62-44-48(54-30-19-31-60-55(54)42-43-61-66(46-20-7-3-8-21-46)67(47-22-9-4-10-23-47)72(68(60)61)50-26-13-6-14-27-50)34-40-56(62)57-41-39-53(45-63(57)69)70(49-24-11-5-12-25-49)51-35-37-52(38-36-51)71-64-32-17-15-28-58(64)59-29-16-18-33-65(59)71/h3-45H,1-2H3. The maximum atomic E-state index is 2.50. The zero-order valence-electron chi connectivity index (χ0n) is 40.2. The lowest BCUT2D eigenvalue weighted by Crippen LogP contribution is -2.16. The van der Waals surface area contributed by atoms with Gasteiger partial charge in [0.25, 0.3) is 0 Å². The second-order valence-electron chi connectivity index (χ2n) is 19.7. The van der Waals surface area contributed by atoms with Crippen molar-refractivity contribution in [2.75, 3.05) is 4.90 Å². The van der Waals surface area contributed by atoms with E-state index in [2.05, 4.69) is 289 Å². The molecule has 0 atom stereocenters. The van der Waals surface area contributed by atoms with E-state index in [1.54, 1.807) is 0 Å². The molecule has 11 aromatic carbocycles. The molecule has 0 fully saturated rings. The van der Waals surface area contributed by atoms with E-state index >= 15 is 0 Å². The number of nitrogens with zero attached hydrogens (tertiary/aromatic N) is 3. The highest BCUT2D eigenvalue weighted by atomic mass is 15.1. The van der Waals surface area contributed by atoms with Crippen molar-refractivity contribution in [2.24, 2.45) is 0 Å². The van der Waals surface area contributed by atoms with E-state index in [0.717, 1.165) is 28.4 Å². The molecule has 0 N–H and O–H groups in total. The first-order chi connectivity index (χ1) is 35.5. The van der Waals surface area contributed by atoms with Gasteiger partial charge < -0.3 is 14.0 Å². The molecule has 0 spiro atoms. The summed E-state index contributed by atoms with van der Waals surface area (Å²) in [6.07, 6.45) is 0. The average Bonchev–Trinajstić information content (AvgIpc) is 4.05. The Morgan fingerprint density at radius 2 is 0.833 bits per heavy atom. The fourth-order valence-corrected chi connectivity index (χ4v) is 12.0. The summed E-state index contributed by atoms with van der Waals surface area (Å²) in [4.78, 5) is 2.40. The van der Waals surface area contributed by atoms with Crippen molar-refractivity contribution in [3.63, 3.8) is 0 Å². The molecule has 1 aliphatic rings. The highest BCUT2D eigenvalue weighted by molar-refractivity contribution is 6.18. The number of para-hydroxylation sites is 4. The molecule has 0 amide bonds. The topological polar surface area (TPSA) is 13.1 Å². The maximum absolute atomic E-state index is 2.50. The van der Waals surface area contributed by atoms with Gasteiger partial charge >= 0.3 is 0 Å². The molecule has 3 heteroatoms. The Morgan fingerprint density at radius 1 is 0.319 bits per heavy atom. The SMILES string of the molecule is CC1(C)c2cc(-c3cccc4c3ccc3c(-c5ccccc5)c(-c5ccccc5)n(-c5ccccc5)c34)ccc2-c2ccc(N(c3ccccc3)c3ccc(-n4c5ccccc5c5ccccc54)cc3)cc21. The normalized spacial score (nSPS) is 12.7. The number of hydrogen-bond acceptors (Lipinski definition) is 1. The molecular formula is C69H49N3. The van der Waals surface area contributed by atoms with E-state index < -0.39 is 0 Å². The largest absolute Gasteiger partial charge is 0.310 e. The van der Waals surface area contributed by atoms with Crippen molar-refractivity contribution in [3.05, 3.63) is 272 Å². The van der Waals surface area contributed by atoms with E-state index in [9.17, 15) is 0 Å². The Labute approximate surface area is 419 Å². The fraction of sp³-hybridized carbons (Fsp3) is 0.0435. The van der Waals surface area contributed by atoms with Crippen molar-refractivity contribution in [2.45, 2.75) is 19.3 Å². The predicted octanol–water partition coefficient (Wildman–Crippen LogP) is 18.7. The van der Waals surface area contributed by atoms with Crippen molar-refractivity contribution in [3.8, 4) is 56.0 Å². The molecule has 3 nitrogen and oxygen atoms in total. The maximum Gasteiger partial charge on any atom is 0.0620 e.